The minimum Gasteiger partial charge on any atom is -0.497 e. The summed E-state index contributed by atoms with van der Waals surface area (Å²) in [5.41, 5.74) is 0.925. The van der Waals surface area contributed by atoms with E-state index in [1.54, 1.807) is 19.2 Å². The highest BCUT2D eigenvalue weighted by Gasteiger charge is 2.22. The van der Waals surface area contributed by atoms with Gasteiger partial charge in [-0.15, -0.1) is 0 Å². The molecule has 5 heteroatoms. The van der Waals surface area contributed by atoms with Crippen LogP contribution in [-0.2, 0) is 10.0 Å². The van der Waals surface area contributed by atoms with Crippen molar-refractivity contribution in [2.75, 3.05) is 7.11 Å². The Labute approximate surface area is 161 Å². The molecule has 0 aliphatic heterocycles. The van der Waals surface area contributed by atoms with Crippen molar-refractivity contribution in [3.63, 3.8) is 0 Å². The lowest BCUT2D eigenvalue weighted by Crippen LogP contribution is -2.29. The standard InChI is InChI=1S/C22H25NO3S/c1-16(2)14-22(18-8-11-20(26-3)12-9-18)23-27(24,25)21-13-10-17-6-4-5-7-19(17)15-21/h4-13,15-16,22-23H,14H2,1-3H3/t22-/m1/s1. The molecule has 0 amide bonds. The topological polar surface area (TPSA) is 55.4 Å². The number of rotatable bonds is 7. The van der Waals surface area contributed by atoms with Gasteiger partial charge in [0.25, 0.3) is 0 Å². The quantitative estimate of drug-likeness (QED) is 0.630. The molecule has 0 aliphatic carbocycles. The van der Waals surface area contributed by atoms with Crippen molar-refractivity contribution in [3.05, 3.63) is 72.3 Å². The fourth-order valence-electron chi connectivity index (χ4n) is 3.15. The maximum atomic E-state index is 13.0. The summed E-state index contributed by atoms with van der Waals surface area (Å²) in [6, 6.07) is 20.2. The van der Waals surface area contributed by atoms with Crippen LogP contribution in [0.1, 0.15) is 31.9 Å². The lowest BCUT2D eigenvalue weighted by Gasteiger charge is -2.21. The van der Waals surface area contributed by atoms with Gasteiger partial charge in [0, 0.05) is 6.04 Å². The van der Waals surface area contributed by atoms with Crippen LogP contribution in [0.15, 0.2) is 71.6 Å². The van der Waals surface area contributed by atoms with Gasteiger partial charge in [-0.25, -0.2) is 13.1 Å². The summed E-state index contributed by atoms with van der Waals surface area (Å²) in [6.45, 7) is 4.17. The number of ether oxygens (including phenoxy) is 1. The van der Waals surface area contributed by atoms with Gasteiger partial charge in [0.1, 0.15) is 5.75 Å². The molecule has 0 fully saturated rings. The first kappa shape index (κ1) is 19.4. The van der Waals surface area contributed by atoms with E-state index < -0.39 is 10.0 Å². The Morgan fingerprint density at radius 2 is 1.59 bits per heavy atom. The summed E-state index contributed by atoms with van der Waals surface area (Å²) in [6.07, 6.45) is 0.707. The van der Waals surface area contributed by atoms with Gasteiger partial charge in [0.15, 0.2) is 0 Å². The number of sulfonamides is 1. The van der Waals surface area contributed by atoms with Crippen LogP contribution in [-0.4, -0.2) is 15.5 Å². The highest BCUT2D eigenvalue weighted by molar-refractivity contribution is 7.89. The number of hydrogen-bond donors (Lipinski definition) is 1. The minimum absolute atomic E-state index is 0.281. The average Bonchev–Trinajstić information content (AvgIpc) is 2.66. The predicted octanol–water partition coefficient (Wildman–Crippen LogP) is 4.91. The molecule has 1 atom stereocenters. The van der Waals surface area contributed by atoms with Gasteiger partial charge in [0.05, 0.1) is 12.0 Å². The van der Waals surface area contributed by atoms with E-state index in [0.717, 1.165) is 22.1 Å². The van der Waals surface area contributed by atoms with Crippen LogP contribution in [0.3, 0.4) is 0 Å². The first-order chi connectivity index (χ1) is 12.9. The number of nitrogens with one attached hydrogen (secondary N) is 1. The lowest BCUT2D eigenvalue weighted by molar-refractivity contribution is 0.414. The van der Waals surface area contributed by atoms with Crippen LogP contribution >= 0.6 is 0 Å². The summed E-state index contributed by atoms with van der Waals surface area (Å²) in [5, 5.41) is 1.93. The maximum Gasteiger partial charge on any atom is 0.241 e. The summed E-state index contributed by atoms with van der Waals surface area (Å²) < 4.78 is 34.2. The Morgan fingerprint density at radius 1 is 0.926 bits per heavy atom. The van der Waals surface area contributed by atoms with Gasteiger partial charge in [-0.05, 0) is 52.9 Å². The molecule has 3 rings (SSSR count). The van der Waals surface area contributed by atoms with Crippen LogP contribution < -0.4 is 9.46 Å². The van der Waals surface area contributed by atoms with E-state index in [4.69, 9.17) is 4.74 Å². The van der Waals surface area contributed by atoms with E-state index >= 15 is 0 Å². The molecule has 0 aromatic heterocycles. The van der Waals surface area contributed by atoms with Gasteiger partial charge >= 0.3 is 0 Å². The van der Waals surface area contributed by atoms with E-state index in [9.17, 15) is 8.42 Å². The van der Waals surface area contributed by atoms with Crippen molar-refractivity contribution in [1.82, 2.24) is 4.72 Å². The first-order valence-electron chi connectivity index (χ1n) is 9.04. The molecule has 4 nitrogen and oxygen atoms in total. The molecule has 0 spiro atoms. The summed E-state index contributed by atoms with van der Waals surface area (Å²) in [4.78, 5) is 0.281. The van der Waals surface area contributed by atoms with E-state index in [2.05, 4.69) is 18.6 Å². The zero-order valence-electron chi connectivity index (χ0n) is 15.8. The van der Waals surface area contributed by atoms with Crippen LogP contribution in [0, 0.1) is 5.92 Å². The van der Waals surface area contributed by atoms with Crippen molar-refractivity contribution in [3.8, 4) is 5.75 Å². The molecule has 0 unspecified atom stereocenters. The van der Waals surface area contributed by atoms with Gasteiger partial charge in [-0.2, -0.15) is 0 Å². The summed E-state index contributed by atoms with van der Waals surface area (Å²) >= 11 is 0. The molecular formula is C22H25NO3S. The van der Waals surface area contributed by atoms with Crippen molar-refractivity contribution >= 4 is 20.8 Å². The van der Waals surface area contributed by atoms with Crippen LogP contribution in [0.2, 0.25) is 0 Å². The number of fused-ring (bicyclic) bond motifs is 1. The third-order valence-corrected chi connectivity index (χ3v) is 6.02. The summed E-state index contributed by atoms with van der Waals surface area (Å²) in [7, 11) is -2.03. The second-order valence-electron chi connectivity index (χ2n) is 7.09. The molecule has 1 N–H and O–H groups in total. The number of methoxy groups -OCH3 is 1. The van der Waals surface area contributed by atoms with Crippen LogP contribution in [0.5, 0.6) is 5.75 Å². The van der Waals surface area contributed by atoms with E-state index in [-0.39, 0.29) is 10.9 Å². The predicted molar refractivity (Wildman–Crippen MR) is 109 cm³/mol. The largest absolute Gasteiger partial charge is 0.497 e. The molecule has 0 radical (unpaired) electrons. The van der Waals surface area contributed by atoms with Crippen LogP contribution in [0.25, 0.3) is 10.8 Å². The Morgan fingerprint density at radius 3 is 2.22 bits per heavy atom. The first-order valence-corrected chi connectivity index (χ1v) is 10.5. The lowest BCUT2D eigenvalue weighted by atomic mass is 9.98. The van der Waals surface area contributed by atoms with Gasteiger partial charge in [0.2, 0.25) is 10.0 Å². The van der Waals surface area contributed by atoms with E-state index in [1.165, 1.54) is 0 Å². The normalized spacial score (nSPS) is 13.0. The SMILES string of the molecule is COc1ccc([C@@H](CC(C)C)NS(=O)(=O)c2ccc3ccccc3c2)cc1. The fourth-order valence-corrected chi connectivity index (χ4v) is 4.42. The minimum atomic E-state index is -3.64. The van der Waals surface area contributed by atoms with Crippen LogP contribution in [0.4, 0.5) is 0 Å². The highest BCUT2D eigenvalue weighted by atomic mass is 32.2. The molecule has 0 saturated carbocycles. The fraction of sp³-hybridized carbons (Fsp3) is 0.273. The van der Waals surface area contributed by atoms with Gasteiger partial charge in [-0.3, -0.25) is 0 Å². The Hall–Kier alpha value is -2.37. The van der Waals surface area contributed by atoms with Crippen molar-refractivity contribution < 1.29 is 13.2 Å². The van der Waals surface area contributed by atoms with Crippen molar-refractivity contribution in [2.24, 2.45) is 5.92 Å². The Balaban J connectivity index is 1.92. The van der Waals surface area contributed by atoms with Crippen molar-refractivity contribution in [1.29, 1.82) is 0 Å². The third-order valence-electron chi connectivity index (χ3n) is 4.55. The number of benzene rings is 3. The highest BCUT2D eigenvalue weighted by Crippen LogP contribution is 2.26. The Kier molecular flexibility index (Phi) is 5.82. The zero-order chi connectivity index (χ0) is 19.4. The maximum absolute atomic E-state index is 13.0. The molecule has 0 heterocycles. The molecule has 3 aromatic rings. The van der Waals surface area contributed by atoms with Gasteiger partial charge in [-0.1, -0.05) is 56.3 Å². The third kappa shape index (κ3) is 4.67. The second-order valence-corrected chi connectivity index (χ2v) is 8.80. The molecule has 0 aliphatic rings. The molecule has 27 heavy (non-hydrogen) atoms. The van der Waals surface area contributed by atoms with E-state index in [0.29, 0.717) is 12.3 Å². The molecule has 3 aromatic carbocycles. The molecule has 142 valence electrons. The molecule has 0 bridgehead atoms. The second kappa shape index (κ2) is 8.11. The molecular weight excluding hydrogens is 358 g/mol. The number of hydrogen-bond acceptors (Lipinski definition) is 3. The van der Waals surface area contributed by atoms with E-state index in [1.807, 2.05) is 54.6 Å². The molecule has 0 saturated heterocycles. The Bertz CT molecular complexity index is 1010. The van der Waals surface area contributed by atoms with Gasteiger partial charge < -0.3 is 4.74 Å². The van der Waals surface area contributed by atoms with Crippen molar-refractivity contribution in [2.45, 2.75) is 31.2 Å². The zero-order valence-corrected chi connectivity index (χ0v) is 16.7. The smallest absolute Gasteiger partial charge is 0.241 e. The monoisotopic (exact) mass is 383 g/mol. The summed E-state index contributed by atoms with van der Waals surface area (Å²) in [5.74, 6) is 1.09. The average molecular weight is 384 g/mol.